The Balaban J connectivity index is 3.25. The first-order valence-corrected chi connectivity index (χ1v) is 5.61. The number of ether oxygens (including phenoxy) is 1. The smallest absolute Gasteiger partial charge is 0.404 e. The van der Waals surface area contributed by atoms with Crippen LogP contribution in [0.4, 0.5) is 13.2 Å². The maximum atomic E-state index is 11.9. The van der Waals surface area contributed by atoms with Crippen LogP contribution in [-0.4, -0.2) is 14.8 Å². The fourth-order valence-electron chi connectivity index (χ4n) is 0.914. The molecule has 0 fully saturated rings. The molecule has 0 amide bonds. The molecule has 0 aliphatic rings. The minimum Gasteiger partial charge on any atom is -0.404 e. The number of benzene rings is 1. The molecule has 0 atom stereocenters. The number of halogens is 4. The van der Waals surface area contributed by atoms with E-state index in [-0.39, 0.29) is 0 Å². The molecule has 0 heterocycles. The van der Waals surface area contributed by atoms with Crippen molar-refractivity contribution in [3.63, 3.8) is 0 Å². The molecule has 0 unspecified atom stereocenters. The minimum absolute atomic E-state index is 0.629. The molecule has 90 valence electrons. The van der Waals surface area contributed by atoms with Crippen LogP contribution in [-0.2, 0) is 10.0 Å². The average molecular weight is 276 g/mol. The Kier molecular flexibility index (Phi) is 3.36. The number of sulfonamides is 1. The number of nitrogens with two attached hydrogens (primary N) is 1. The Morgan fingerprint density at radius 3 is 2.31 bits per heavy atom. The molecule has 1 aromatic carbocycles. The number of hydrogen-bond donors (Lipinski definition) is 1. The van der Waals surface area contributed by atoms with Gasteiger partial charge in [0.25, 0.3) is 0 Å². The second kappa shape index (κ2) is 4.11. The van der Waals surface area contributed by atoms with Gasteiger partial charge in [-0.25, -0.2) is 13.6 Å². The number of alkyl halides is 3. The van der Waals surface area contributed by atoms with Gasteiger partial charge in [-0.15, -0.1) is 13.2 Å². The lowest BCUT2D eigenvalue weighted by atomic mass is 10.3. The summed E-state index contributed by atoms with van der Waals surface area (Å²) in [4.78, 5) is -0.629. The van der Waals surface area contributed by atoms with Crippen molar-refractivity contribution in [2.45, 2.75) is 11.3 Å². The summed E-state index contributed by atoms with van der Waals surface area (Å²) in [5, 5.41) is 4.04. The molecule has 1 rings (SSSR count). The first-order valence-electron chi connectivity index (χ1n) is 3.68. The molecular formula is C7H5ClF3NO3S. The van der Waals surface area contributed by atoms with E-state index in [1.807, 2.05) is 0 Å². The molecule has 0 radical (unpaired) electrons. The SMILES string of the molecule is NS(=O)(=O)c1cccc(OC(F)(F)F)c1Cl. The Bertz CT molecular complexity index is 500. The molecule has 1 aromatic rings. The van der Waals surface area contributed by atoms with Crippen LogP contribution in [0.2, 0.25) is 5.02 Å². The fourth-order valence-corrected chi connectivity index (χ4v) is 2.02. The maximum absolute atomic E-state index is 11.9. The van der Waals surface area contributed by atoms with Crippen molar-refractivity contribution in [1.29, 1.82) is 0 Å². The molecule has 9 heteroatoms. The summed E-state index contributed by atoms with van der Waals surface area (Å²) in [6.45, 7) is 0. The van der Waals surface area contributed by atoms with Crippen LogP contribution in [0.15, 0.2) is 23.1 Å². The fraction of sp³-hybridized carbons (Fsp3) is 0.143. The van der Waals surface area contributed by atoms with Gasteiger partial charge in [0.15, 0.2) is 0 Å². The van der Waals surface area contributed by atoms with E-state index in [0.29, 0.717) is 0 Å². The molecule has 0 saturated heterocycles. The quantitative estimate of drug-likeness (QED) is 0.896. The summed E-state index contributed by atoms with van der Waals surface area (Å²) in [6.07, 6.45) is -4.96. The molecule has 0 spiro atoms. The summed E-state index contributed by atoms with van der Waals surface area (Å²) in [5.74, 6) is -0.819. The lowest BCUT2D eigenvalue weighted by Gasteiger charge is -2.11. The third kappa shape index (κ3) is 3.26. The van der Waals surface area contributed by atoms with Gasteiger partial charge in [0, 0.05) is 0 Å². The lowest BCUT2D eigenvalue weighted by Crippen LogP contribution is -2.18. The van der Waals surface area contributed by atoms with Crippen LogP contribution in [0.5, 0.6) is 5.75 Å². The van der Waals surface area contributed by atoms with Crippen molar-refractivity contribution >= 4 is 21.6 Å². The first-order chi connectivity index (χ1) is 7.11. The van der Waals surface area contributed by atoms with Crippen molar-refractivity contribution in [1.82, 2.24) is 0 Å². The third-order valence-corrected chi connectivity index (χ3v) is 2.92. The minimum atomic E-state index is -4.96. The largest absolute Gasteiger partial charge is 0.573 e. The lowest BCUT2D eigenvalue weighted by molar-refractivity contribution is -0.274. The van der Waals surface area contributed by atoms with E-state index in [9.17, 15) is 21.6 Å². The Hall–Kier alpha value is -0.990. The van der Waals surface area contributed by atoms with Crippen molar-refractivity contribution in [2.24, 2.45) is 5.14 Å². The van der Waals surface area contributed by atoms with Gasteiger partial charge in [-0.3, -0.25) is 0 Å². The van der Waals surface area contributed by atoms with Crippen molar-refractivity contribution < 1.29 is 26.3 Å². The first kappa shape index (κ1) is 13.1. The standard InChI is InChI=1S/C7H5ClF3NO3S/c8-6-4(15-7(9,10)11)2-1-3-5(6)16(12,13)14/h1-3H,(H2,12,13,14). The van der Waals surface area contributed by atoms with Gasteiger partial charge in [-0.2, -0.15) is 0 Å². The van der Waals surface area contributed by atoms with Crippen LogP contribution < -0.4 is 9.88 Å². The summed E-state index contributed by atoms with van der Waals surface area (Å²) < 4.78 is 61.0. The Morgan fingerprint density at radius 2 is 1.88 bits per heavy atom. The summed E-state index contributed by atoms with van der Waals surface area (Å²) in [6, 6.07) is 2.89. The Labute approximate surface area is 93.8 Å². The van der Waals surface area contributed by atoms with E-state index in [2.05, 4.69) is 4.74 Å². The molecule has 0 aliphatic carbocycles. The van der Waals surface area contributed by atoms with E-state index in [4.69, 9.17) is 16.7 Å². The second-order valence-electron chi connectivity index (χ2n) is 2.66. The zero-order valence-electron chi connectivity index (χ0n) is 7.45. The molecule has 0 aromatic heterocycles. The van der Waals surface area contributed by atoms with Crippen LogP contribution in [0, 0.1) is 0 Å². The van der Waals surface area contributed by atoms with Crippen LogP contribution in [0.25, 0.3) is 0 Å². The molecular weight excluding hydrogens is 271 g/mol. The van der Waals surface area contributed by atoms with Crippen molar-refractivity contribution in [3.8, 4) is 5.75 Å². The molecule has 0 saturated carbocycles. The number of rotatable bonds is 2. The second-order valence-corrected chi connectivity index (χ2v) is 4.57. The third-order valence-electron chi connectivity index (χ3n) is 1.46. The highest BCUT2D eigenvalue weighted by Gasteiger charge is 2.33. The van der Waals surface area contributed by atoms with E-state index in [1.165, 1.54) is 0 Å². The highest BCUT2D eigenvalue weighted by atomic mass is 35.5. The maximum Gasteiger partial charge on any atom is 0.573 e. The molecule has 0 bridgehead atoms. The van der Waals surface area contributed by atoms with Gasteiger partial charge in [-0.05, 0) is 12.1 Å². The molecule has 0 aliphatic heterocycles. The zero-order valence-corrected chi connectivity index (χ0v) is 9.03. The Morgan fingerprint density at radius 1 is 1.31 bits per heavy atom. The van der Waals surface area contributed by atoms with Gasteiger partial charge < -0.3 is 4.74 Å². The predicted octanol–water partition coefficient (Wildman–Crippen LogP) is 1.89. The van der Waals surface area contributed by atoms with Gasteiger partial charge in [0.2, 0.25) is 10.0 Å². The summed E-state index contributed by atoms with van der Waals surface area (Å²) in [5.41, 5.74) is 0. The topological polar surface area (TPSA) is 69.4 Å². The monoisotopic (exact) mass is 275 g/mol. The van der Waals surface area contributed by atoms with E-state index >= 15 is 0 Å². The normalized spacial score (nSPS) is 12.6. The van der Waals surface area contributed by atoms with E-state index < -0.39 is 32.1 Å². The molecule has 16 heavy (non-hydrogen) atoms. The predicted molar refractivity (Wildman–Crippen MR) is 49.5 cm³/mol. The summed E-state index contributed by atoms with van der Waals surface area (Å²) >= 11 is 5.42. The number of hydrogen-bond acceptors (Lipinski definition) is 3. The van der Waals surface area contributed by atoms with Crippen LogP contribution >= 0.6 is 11.6 Å². The van der Waals surface area contributed by atoms with Crippen molar-refractivity contribution in [3.05, 3.63) is 23.2 Å². The highest BCUT2D eigenvalue weighted by molar-refractivity contribution is 7.89. The van der Waals surface area contributed by atoms with Crippen LogP contribution in [0.1, 0.15) is 0 Å². The van der Waals surface area contributed by atoms with Gasteiger partial charge in [0.1, 0.15) is 15.7 Å². The van der Waals surface area contributed by atoms with Gasteiger partial charge in [0.05, 0.1) is 0 Å². The molecule has 2 N–H and O–H groups in total. The highest BCUT2D eigenvalue weighted by Crippen LogP contribution is 2.34. The molecule has 4 nitrogen and oxygen atoms in total. The van der Waals surface area contributed by atoms with Crippen LogP contribution in [0.3, 0.4) is 0 Å². The average Bonchev–Trinajstić information content (AvgIpc) is 2.04. The van der Waals surface area contributed by atoms with E-state index in [1.54, 1.807) is 0 Å². The van der Waals surface area contributed by atoms with Gasteiger partial charge in [-0.1, -0.05) is 17.7 Å². The van der Waals surface area contributed by atoms with E-state index in [0.717, 1.165) is 18.2 Å². The summed E-state index contributed by atoms with van der Waals surface area (Å²) in [7, 11) is -4.19. The van der Waals surface area contributed by atoms with Gasteiger partial charge >= 0.3 is 6.36 Å². The number of primary sulfonamides is 1. The van der Waals surface area contributed by atoms with Crippen molar-refractivity contribution in [2.75, 3.05) is 0 Å². The zero-order chi connectivity index (χ0) is 12.6.